The van der Waals surface area contributed by atoms with Crippen LogP contribution in [0.15, 0.2) is 66.8 Å². The van der Waals surface area contributed by atoms with Crippen LogP contribution in [0, 0.1) is 0 Å². The topological polar surface area (TPSA) is 34.1 Å². The first-order valence-electron chi connectivity index (χ1n) is 6.93. The van der Waals surface area contributed by atoms with Crippen molar-refractivity contribution in [1.82, 2.24) is 0 Å². The van der Waals surface area contributed by atoms with E-state index < -0.39 is 0 Å². The summed E-state index contributed by atoms with van der Waals surface area (Å²) >= 11 is 0. The van der Waals surface area contributed by atoms with E-state index >= 15 is 0 Å². The first-order chi connectivity index (χ1) is 10.3. The number of fused-ring (bicyclic) bond motifs is 2. The third-order valence-corrected chi connectivity index (χ3v) is 4.08. The van der Waals surface area contributed by atoms with Gasteiger partial charge in [-0.05, 0) is 17.7 Å². The summed E-state index contributed by atoms with van der Waals surface area (Å²) in [5, 5.41) is 0. The second-order valence-electron chi connectivity index (χ2n) is 5.30. The van der Waals surface area contributed by atoms with Crippen LogP contribution >= 0.6 is 0 Å². The molecule has 2 aliphatic rings. The van der Waals surface area contributed by atoms with Crippen LogP contribution in [0.1, 0.15) is 43.3 Å². The van der Waals surface area contributed by atoms with Crippen LogP contribution in [0.5, 0.6) is 0 Å². The molecule has 2 aliphatic carbocycles. The third-order valence-electron chi connectivity index (χ3n) is 4.08. The first kappa shape index (κ1) is 12.0. The molecule has 0 heterocycles. The highest BCUT2D eigenvalue weighted by molar-refractivity contribution is 6.28. The fraction of sp³-hybridized carbons (Fsp3) is 0.0526. The fourth-order valence-electron chi connectivity index (χ4n) is 2.98. The fourth-order valence-corrected chi connectivity index (χ4v) is 2.98. The first-order valence-corrected chi connectivity index (χ1v) is 6.93. The summed E-state index contributed by atoms with van der Waals surface area (Å²) in [5.74, 6) is 0.0626. The van der Waals surface area contributed by atoms with Crippen LogP contribution in [0.4, 0.5) is 0 Å². The van der Waals surface area contributed by atoms with Gasteiger partial charge in [0.2, 0.25) is 0 Å². The number of rotatable bonds is 1. The van der Waals surface area contributed by atoms with Crippen LogP contribution in [0.3, 0.4) is 0 Å². The molecule has 0 aliphatic heterocycles. The number of allylic oxidation sites excluding steroid dienone is 4. The Morgan fingerprint density at radius 3 is 1.90 bits per heavy atom. The van der Waals surface area contributed by atoms with E-state index in [2.05, 4.69) is 12.2 Å². The van der Waals surface area contributed by atoms with E-state index in [4.69, 9.17) is 0 Å². The van der Waals surface area contributed by atoms with Crippen molar-refractivity contribution >= 4 is 11.6 Å². The molecule has 0 fully saturated rings. The maximum atomic E-state index is 12.6. The van der Waals surface area contributed by atoms with Gasteiger partial charge >= 0.3 is 0 Å². The Morgan fingerprint density at radius 1 is 0.667 bits per heavy atom. The third kappa shape index (κ3) is 1.73. The average Bonchev–Trinajstić information content (AvgIpc) is 3.06. The Bertz CT molecular complexity index is 828. The lowest BCUT2D eigenvalue weighted by Gasteiger charge is -2.18. The molecule has 2 aromatic rings. The van der Waals surface area contributed by atoms with Crippen molar-refractivity contribution in [2.45, 2.75) is 5.92 Å². The molecule has 0 bridgehead atoms. The molecule has 0 radical (unpaired) electrons. The summed E-state index contributed by atoms with van der Waals surface area (Å²) in [5.41, 5.74) is 3.07. The maximum Gasteiger partial charge on any atom is 0.194 e. The number of carbonyl (C=O) groups excluding carboxylic acids is 2. The van der Waals surface area contributed by atoms with Gasteiger partial charge in [-0.1, -0.05) is 54.6 Å². The second kappa shape index (κ2) is 4.38. The van der Waals surface area contributed by atoms with Crippen molar-refractivity contribution in [2.75, 3.05) is 0 Å². The second-order valence-corrected chi connectivity index (χ2v) is 5.30. The number of ketones is 2. The minimum Gasteiger partial charge on any atom is -0.289 e. The van der Waals surface area contributed by atoms with Gasteiger partial charge in [-0.25, -0.2) is 0 Å². The summed E-state index contributed by atoms with van der Waals surface area (Å²) in [6.45, 7) is 0. The van der Waals surface area contributed by atoms with E-state index in [0.29, 0.717) is 22.3 Å². The maximum absolute atomic E-state index is 12.6. The van der Waals surface area contributed by atoms with Crippen LogP contribution in [0.25, 0.3) is 0 Å². The molecule has 2 aromatic carbocycles. The van der Waals surface area contributed by atoms with Crippen molar-refractivity contribution in [3.63, 3.8) is 0 Å². The molecule has 0 spiro atoms. The highest BCUT2D eigenvalue weighted by Gasteiger charge is 2.29. The quantitative estimate of drug-likeness (QED) is 0.677. The lowest BCUT2D eigenvalue weighted by atomic mass is 9.82. The minimum atomic E-state index is -0.0655. The monoisotopic (exact) mass is 272 g/mol. The van der Waals surface area contributed by atoms with E-state index in [1.807, 2.05) is 24.3 Å². The zero-order valence-electron chi connectivity index (χ0n) is 11.2. The summed E-state index contributed by atoms with van der Waals surface area (Å²) in [4.78, 5) is 25.1. The van der Waals surface area contributed by atoms with Crippen molar-refractivity contribution < 1.29 is 9.59 Å². The molecule has 0 aromatic heterocycles. The lowest BCUT2D eigenvalue weighted by molar-refractivity contribution is 0.0979. The van der Waals surface area contributed by atoms with E-state index in [9.17, 15) is 9.59 Å². The van der Waals surface area contributed by atoms with Gasteiger partial charge in [-0.2, -0.15) is 0 Å². The number of carbonyl (C=O) groups is 2. The van der Waals surface area contributed by atoms with Gasteiger partial charge in [0, 0.05) is 28.2 Å². The van der Waals surface area contributed by atoms with Gasteiger partial charge in [0.1, 0.15) is 0 Å². The molecule has 100 valence electrons. The van der Waals surface area contributed by atoms with Gasteiger partial charge < -0.3 is 0 Å². The summed E-state index contributed by atoms with van der Waals surface area (Å²) in [6.07, 6.45) is 8.13. The predicted molar refractivity (Wildman–Crippen MR) is 80.8 cm³/mol. The Morgan fingerprint density at radius 2 is 1.24 bits per heavy atom. The molecule has 0 saturated carbocycles. The van der Waals surface area contributed by atoms with Crippen LogP contribution in [-0.4, -0.2) is 11.6 Å². The highest BCUT2D eigenvalue weighted by Crippen LogP contribution is 2.31. The van der Waals surface area contributed by atoms with E-state index in [1.165, 1.54) is 0 Å². The zero-order chi connectivity index (χ0) is 14.4. The van der Waals surface area contributed by atoms with Crippen molar-refractivity contribution in [3.05, 3.63) is 94.6 Å². The van der Waals surface area contributed by atoms with Gasteiger partial charge in [0.15, 0.2) is 11.6 Å². The van der Waals surface area contributed by atoms with Gasteiger partial charge in [0.25, 0.3) is 0 Å². The van der Waals surface area contributed by atoms with Gasteiger partial charge in [-0.3, -0.25) is 9.59 Å². The Kier molecular flexibility index (Phi) is 2.51. The van der Waals surface area contributed by atoms with Crippen LogP contribution < -0.4 is 0 Å². The molecular formula is C19H12O2. The van der Waals surface area contributed by atoms with Crippen molar-refractivity contribution in [3.8, 4) is 0 Å². The average molecular weight is 272 g/mol. The normalized spacial score (nSPS) is 16.2. The number of hydrogen-bond donors (Lipinski definition) is 0. The largest absolute Gasteiger partial charge is 0.289 e. The summed E-state index contributed by atoms with van der Waals surface area (Å²) < 4.78 is 0. The highest BCUT2D eigenvalue weighted by atomic mass is 16.1. The summed E-state index contributed by atoms with van der Waals surface area (Å²) in [6, 6.07) is 12.6. The van der Waals surface area contributed by atoms with Crippen molar-refractivity contribution in [1.29, 1.82) is 0 Å². The number of hydrogen-bond acceptors (Lipinski definition) is 2. The number of benzene rings is 2. The molecule has 0 unspecified atom stereocenters. The standard InChI is InChI=1S/C19H12O2/c20-18-14-7-3-4-8-15(14)19(21)17-11-13(9-10-16(17)18)12-5-1-2-6-12/h1-12H. The molecule has 2 heteroatoms. The Hall–Kier alpha value is -2.74. The van der Waals surface area contributed by atoms with Crippen LogP contribution in [0.2, 0.25) is 0 Å². The molecule has 0 saturated heterocycles. The molecular weight excluding hydrogens is 260 g/mol. The smallest absolute Gasteiger partial charge is 0.194 e. The molecule has 21 heavy (non-hydrogen) atoms. The Balaban J connectivity index is 1.89. The van der Waals surface area contributed by atoms with Crippen LogP contribution in [-0.2, 0) is 0 Å². The molecule has 4 rings (SSSR count). The lowest BCUT2D eigenvalue weighted by Crippen LogP contribution is -2.21. The Labute approximate surface area is 122 Å². The SMILES string of the molecule is O=C1c2ccccc2C(=O)c2cc(C3C=CC=C3)ccc21. The van der Waals surface area contributed by atoms with Crippen molar-refractivity contribution in [2.24, 2.45) is 0 Å². The molecule has 0 amide bonds. The molecule has 0 N–H and O–H groups in total. The molecule has 2 nitrogen and oxygen atoms in total. The summed E-state index contributed by atoms with van der Waals surface area (Å²) in [7, 11) is 0. The van der Waals surface area contributed by atoms with Gasteiger partial charge in [-0.15, -0.1) is 0 Å². The zero-order valence-corrected chi connectivity index (χ0v) is 11.2. The van der Waals surface area contributed by atoms with E-state index in [1.54, 1.807) is 30.3 Å². The van der Waals surface area contributed by atoms with E-state index in [-0.39, 0.29) is 17.5 Å². The predicted octanol–water partition coefficient (Wildman–Crippen LogP) is 3.67. The van der Waals surface area contributed by atoms with Gasteiger partial charge in [0.05, 0.1) is 0 Å². The van der Waals surface area contributed by atoms with E-state index in [0.717, 1.165) is 5.56 Å². The molecule has 0 atom stereocenters. The minimum absolute atomic E-state index is 0.0620.